The van der Waals surface area contributed by atoms with E-state index in [1.54, 1.807) is 0 Å². The molecule has 2 N–H and O–H groups in total. The molecule has 0 unspecified atom stereocenters. The van der Waals surface area contributed by atoms with Crippen molar-refractivity contribution in [2.75, 3.05) is 37.3 Å². The summed E-state index contributed by atoms with van der Waals surface area (Å²) in [6.07, 6.45) is 0. The number of rotatable bonds is 9. The van der Waals surface area contributed by atoms with Gasteiger partial charge >= 0.3 is 0 Å². The van der Waals surface area contributed by atoms with Gasteiger partial charge < -0.3 is 20.1 Å². The lowest BCUT2D eigenvalue weighted by Crippen LogP contribution is -2.14. The standard InChI is InChI=1S/C15H21N5O2/c1-3-21-10-16-14-18-13(12-8-6-5-7-9-12)19-15(20-14)17-11-22-4-2/h5-9H,3-4,10-11H2,1-2H3,(H2,16,17,18,19,20). The van der Waals surface area contributed by atoms with Crippen LogP contribution >= 0.6 is 0 Å². The zero-order valence-electron chi connectivity index (χ0n) is 12.9. The predicted octanol–water partition coefficient (Wildman–Crippen LogP) is 2.35. The topological polar surface area (TPSA) is 81.2 Å². The highest BCUT2D eigenvalue weighted by Gasteiger charge is 2.08. The number of hydrogen-bond donors (Lipinski definition) is 2. The second kappa shape index (κ2) is 8.91. The van der Waals surface area contributed by atoms with Crippen molar-refractivity contribution in [3.8, 4) is 11.4 Å². The third kappa shape index (κ3) is 4.94. The summed E-state index contributed by atoms with van der Waals surface area (Å²) in [6, 6.07) is 9.74. The van der Waals surface area contributed by atoms with Crippen molar-refractivity contribution in [3.05, 3.63) is 30.3 Å². The van der Waals surface area contributed by atoms with E-state index in [9.17, 15) is 0 Å². The van der Waals surface area contributed by atoms with Crippen molar-refractivity contribution in [2.24, 2.45) is 0 Å². The Morgan fingerprint density at radius 3 is 1.86 bits per heavy atom. The molecular formula is C15H21N5O2. The molecule has 0 bridgehead atoms. The van der Waals surface area contributed by atoms with E-state index < -0.39 is 0 Å². The fourth-order valence-corrected chi connectivity index (χ4v) is 1.69. The monoisotopic (exact) mass is 303 g/mol. The summed E-state index contributed by atoms with van der Waals surface area (Å²) in [5.41, 5.74) is 0.920. The van der Waals surface area contributed by atoms with E-state index in [-0.39, 0.29) is 0 Å². The molecule has 118 valence electrons. The van der Waals surface area contributed by atoms with Crippen molar-refractivity contribution in [3.63, 3.8) is 0 Å². The maximum atomic E-state index is 5.26. The van der Waals surface area contributed by atoms with E-state index in [4.69, 9.17) is 9.47 Å². The zero-order valence-corrected chi connectivity index (χ0v) is 12.9. The molecule has 0 aliphatic rings. The van der Waals surface area contributed by atoms with Gasteiger partial charge in [0.15, 0.2) is 5.82 Å². The molecule has 0 aliphatic carbocycles. The molecule has 7 nitrogen and oxygen atoms in total. The van der Waals surface area contributed by atoms with Gasteiger partial charge in [0.25, 0.3) is 0 Å². The third-order valence-corrected chi connectivity index (χ3v) is 2.74. The number of hydrogen-bond acceptors (Lipinski definition) is 7. The maximum Gasteiger partial charge on any atom is 0.229 e. The van der Waals surface area contributed by atoms with Crippen molar-refractivity contribution < 1.29 is 9.47 Å². The van der Waals surface area contributed by atoms with E-state index >= 15 is 0 Å². The normalized spacial score (nSPS) is 10.5. The minimum atomic E-state index is 0.347. The number of aromatic nitrogens is 3. The first-order chi connectivity index (χ1) is 10.8. The smallest absolute Gasteiger partial charge is 0.229 e. The molecule has 7 heteroatoms. The van der Waals surface area contributed by atoms with Crippen LogP contribution in [-0.4, -0.2) is 41.6 Å². The van der Waals surface area contributed by atoms with Crippen LogP contribution in [0.3, 0.4) is 0 Å². The lowest BCUT2D eigenvalue weighted by atomic mass is 10.2. The molecule has 1 aromatic carbocycles. The Balaban J connectivity index is 2.19. The Morgan fingerprint density at radius 1 is 0.818 bits per heavy atom. The van der Waals surface area contributed by atoms with Crippen LogP contribution in [0.2, 0.25) is 0 Å². The predicted molar refractivity (Wildman–Crippen MR) is 85.5 cm³/mol. The molecule has 0 spiro atoms. The lowest BCUT2D eigenvalue weighted by Gasteiger charge is -2.10. The average molecular weight is 303 g/mol. The van der Waals surface area contributed by atoms with E-state index in [0.29, 0.717) is 44.4 Å². The van der Waals surface area contributed by atoms with Crippen molar-refractivity contribution >= 4 is 11.9 Å². The average Bonchev–Trinajstić information content (AvgIpc) is 2.56. The summed E-state index contributed by atoms with van der Waals surface area (Å²) in [4.78, 5) is 13.1. The zero-order chi connectivity index (χ0) is 15.6. The summed E-state index contributed by atoms with van der Waals surface area (Å²) in [5, 5.41) is 6.04. The van der Waals surface area contributed by atoms with Crippen LogP contribution < -0.4 is 10.6 Å². The minimum absolute atomic E-state index is 0.347. The van der Waals surface area contributed by atoms with Crippen LogP contribution in [0.4, 0.5) is 11.9 Å². The van der Waals surface area contributed by atoms with Crippen LogP contribution in [0.5, 0.6) is 0 Å². The first-order valence-corrected chi connectivity index (χ1v) is 7.28. The summed E-state index contributed by atoms with van der Waals surface area (Å²) in [5.74, 6) is 1.51. The second-order valence-corrected chi connectivity index (χ2v) is 4.30. The Labute approximate surface area is 130 Å². The van der Waals surface area contributed by atoms with Gasteiger partial charge in [-0.15, -0.1) is 0 Å². The molecule has 2 rings (SSSR count). The molecule has 0 saturated heterocycles. The number of nitrogens with zero attached hydrogens (tertiary/aromatic N) is 3. The number of nitrogens with one attached hydrogen (secondary N) is 2. The van der Waals surface area contributed by atoms with Crippen LogP contribution in [0.25, 0.3) is 11.4 Å². The van der Waals surface area contributed by atoms with Gasteiger partial charge in [-0.1, -0.05) is 30.3 Å². The first-order valence-electron chi connectivity index (χ1n) is 7.28. The van der Waals surface area contributed by atoms with Crippen LogP contribution in [-0.2, 0) is 9.47 Å². The fourth-order valence-electron chi connectivity index (χ4n) is 1.69. The molecule has 0 fully saturated rings. The van der Waals surface area contributed by atoms with E-state index in [1.165, 1.54) is 0 Å². The van der Waals surface area contributed by atoms with Crippen LogP contribution in [0, 0.1) is 0 Å². The van der Waals surface area contributed by atoms with Crippen molar-refractivity contribution in [2.45, 2.75) is 13.8 Å². The minimum Gasteiger partial charge on any atom is -0.362 e. The number of benzene rings is 1. The van der Waals surface area contributed by atoms with E-state index in [0.717, 1.165) is 5.56 Å². The molecule has 0 atom stereocenters. The van der Waals surface area contributed by atoms with E-state index in [1.807, 2.05) is 44.2 Å². The Hall–Kier alpha value is -2.25. The largest absolute Gasteiger partial charge is 0.362 e. The third-order valence-electron chi connectivity index (χ3n) is 2.74. The molecule has 2 aromatic rings. The number of anilines is 2. The fraction of sp³-hybridized carbons (Fsp3) is 0.400. The van der Waals surface area contributed by atoms with Gasteiger partial charge in [0.2, 0.25) is 11.9 Å². The van der Waals surface area contributed by atoms with Gasteiger partial charge in [-0.2, -0.15) is 15.0 Å². The Morgan fingerprint density at radius 2 is 1.36 bits per heavy atom. The van der Waals surface area contributed by atoms with Gasteiger partial charge in [0, 0.05) is 18.8 Å². The Kier molecular flexibility index (Phi) is 6.53. The molecule has 0 radical (unpaired) electrons. The van der Waals surface area contributed by atoms with Gasteiger partial charge in [-0.05, 0) is 13.8 Å². The Bertz CT molecular complexity index is 537. The summed E-state index contributed by atoms with van der Waals surface area (Å²) in [6.45, 7) is 5.80. The maximum absolute atomic E-state index is 5.26. The molecule has 1 heterocycles. The van der Waals surface area contributed by atoms with E-state index in [2.05, 4.69) is 25.6 Å². The van der Waals surface area contributed by atoms with Crippen molar-refractivity contribution in [1.29, 1.82) is 0 Å². The van der Waals surface area contributed by atoms with Crippen LogP contribution in [0.15, 0.2) is 30.3 Å². The summed E-state index contributed by atoms with van der Waals surface area (Å²) in [7, 11) is 0. The molecule has 0 saturated carbocycles. The SMILES string of the molecule is CCOCNc1nc(NCOCC)nc(-c2ccccc2)n1. The van der Waals surface area contributed by atoms with Gasteiger partial charge in [0.1, 0.15) is 13.5 Å². The highest BCUT2D eigenvalue weighted by molar-refractivity contribution is 5.57. The van der Waals surface area contributed by atoms with Gasteiger partial charge in [0.05, 0.1) is 0 Å². The lowest BCUT2D eigenvalue weighted by molar-refractivity contribution is 0.165. The van der Waals surface area contributed by atoms with Crippen LogP contribution in [0.1, 0.15) is 13.8 Å². The summed E-state index contributed by atoms with van der Waals surface area (Å²) >= 11 is 0. The molecular weight excluding hydrogens is 282 g/mol. The number of ether oxygens (including phenoxy) is 2. The van der Waals surface area contributed by atoms with Gasteiger partial charge in [-0.3, -0.25) is 0 Å². The molecule has 22 heavy (non-hydrogen) atoms. The highest BCUT2D eigenvalue weighted by Crippen LogP contribution is 2.17. The van der Waals surface area contributed by atoms with Crippen molar-refractivity contribution in [1.82, 2.24) is 15.0 Å². The second-order valence-electron chi connectivity index (χ2n) is 4.30. The van der Waals surface area contributed by atoms with Gasteiger partial charge in [-0.25, -0.2) is 0 Å². The molecule has 0 amide bonds. The summed E-state index contributed by atoms with van der Waals surface area (Å²) < 4.78 is 10.5. The molecule has 0 aliphatic heterocycles. The highest BCUT2D eigenvalue weighted by atomic mass is 16.5. The quantitative estimate of drug-likeness (QED) is 0.543. The first kappa shape index (κ1) is 16.1. The molecule has 1 aromatic heterocycles.